The summed E-state index contributed by atoms with van der Waals surface area (Å²) in [5.41, 5.74) is 0.361. The normalized spacial score (nSPS) is 16.3. The molecule has 1 aliphatic carbocycles. The van der Waals surface area contributed by atoms with Crippen LogP contribution in [0.15, 0.2) is 4.99 Å². The van der Waals surface area contributed by atoms with Crippen LogP contribution >= 0.6 is 24.0 Å². The Morgan fingerprint density at radius 3 is 2.31 bits per heavy atom. The predicted molar refractivity (Wildman–Crippen MR) is 119 cm³/mol. The van der Waals surface area contributed by atoms with Crippen molar-refractivity contribution < 1.29 is 14.2 Å². The van der Waals surface area contributed by atoms with Gasteiger partial charge in [0, 0.05) is 40.5 Å². The van der Waals surface area contributed by atoms with Crippen LogP contribution in [0.1, 0.15) is 51.9 Å². The van der Waals surface area contributed by atoms with Crippen molar-refractivity contribution in [3.8, 4) is 0 Å². The predicted octanol–water partition coefficient (Wildman–Crippen LogP) is 3.20. The molecule has 0 aromatic heterocycles. The molecule has 0 radical (unpaired) electrons. The van der Waals surface area contributed by atoms with E-state index >= 15 is 0 Å². The molecule has 0 aliphatic heterocycles. The standard InChI is InChI=1S/C19H39N3O3.HI/c1-4-5-12-24-15-16-25-14-11-21-18(20-2)22-17-19(10-13-23-3)8-6-7-9-19;/h4-17H2,1-3H3,(H2,20,21,22);1H. The van der Waals surface area contributed by atoms with Crippen LogP contribution in [-0.4, -0.2) is 66.2 Å². The minimum atomic E-state index is 0. The van der Waals surface area contributed by atoms with Crippen LogP contribution in [0.4, 0.5) is 0 Å². The minimum Gasteiger partial charge on any atom is -0.385 e. The van der Waals surface area contributed by atoms with Gasteiger partial charge < -0.3 is 24.8 Å². The monoisotopic (exact) mass is 485 g/mol. The van der Waals surface area contributed by atoms with E-state index in [1.807, 2.05) is 7.05 Å². The summed E-state index contributed by atoms with van der Waals surface area (Å²) in [5.74, 6) is 0.853. The third-order valence-corrected chi connectivity index (χ3v) is 4.91. The number of ether oxygens (including phenoxy) is 3. The van der Waals surface area contributed by atoms with Crippen LogP contribution in [-0.2, 0) is 14.2 Å². The molecule has 6 nitrogen and oxygen atoms in total. The van der Waals surface area contributed by atoms with Gasteiger partial charge in [0.25, 0.3) is 0 Å². The second-order valence-electron chi connectivity index (χ2n) is 6.88. The molecule has 0 atom stereocenters. The Hall–Kier alpha value is -0.120. The van der Waals surface area contributed by atoms with Gasteiger partial charge in [0.1, 0.15) is 0 Å². The maximum Gasteiger partial charge on any atom is 0.191 e. The number of hydrogen-bond acceptors (Lipinski definition) is 4. The van der Waals surface area contributed by atoms with Gasteiger partial charge in [-0.3, -0.25) is 4.99 Å². The third kappa shape index (κ3) is 11.6. The van der Waals surface area contributed by atoms with Crippen molar-refractivity contribution in [1.82, 2.24) is 10.6 Å². The fourth-order valence-electron chi connectivity index (χ4n) is 3.26. The highest BCUT2D eigenvalue weighted by Gasteiger charge is 2.33. The van der Waals surface area contributed by atoms with Gasteiger partial charge in [0.2, 0.25) is 0 Å². The molecule has 0 bridgehead atoms. The summed E-state index contributed by atoms with van der Waals surface area (Å²) < 4.78 is 16.3. The van der Waals surface area contributed by atoms with Crippen molar-refractivity contribution in [1.29, 1.82) is 0 Å². The zero-order valence-electron chi connectivity index (χ0n) is 17.0. The lowest BCUT2D eigenvalue weighted by Crippen LogP contribution is -2.44. The summed E-state index contributed by atoms with van der Waals surface area (Å²) in [7, 11) is 3.60. The quantitative estimate of drug-likeness (QED) is 0.171. The number of methoxy groups -OCH3 is 1. The van der Waals surface area contributed by atoms with Crippen molar-refractivity contribution >= 4 is 29.9 Å². The van der Waals surface area contributed by atoms with Crippen LogP contribution in [0, 0.1) is 5.41 Å². The first-order valence-corrected chi connectivity index (χ1v) is 9.85. The topological polar surface area (TPSA) is 64.1 Å². The number of rotatable bonds is 14. The molecule has 26 heavy (non-hydrogen) atoms. The summed E-state index contributed by atoms with van der Waals surface area (Å²) in [4.78, 5) is 4.31. The molecule has 0 spiro atoms. The molecule has 0 unspecified atom stereocenters. The van der Waals surface area contributed by atoms with Crippen molar-refractivity contribution in [2.75, 3.05) is 60.3 Å². The summed E-state index contributed by atoms with van der Waals surface area (Å²) in [6, 6.07) is 0. The Kier molecular flexibility index (Phi) is 16.9. The lowest BCUT2D eigenvalue weighted by molar-refractivity contribution is 0.0487. The Morgan fingerprint density at radius 2 is 1.69 bits per heavy atom. The molecule has 0 aromatic carbocycles. The molecule has 1 fully saturated rings. The molecular formula is C19H40IN3O3. The first-order chi connectivity index (χ1) is 12.3. The van der Waals surface area contributed by atoms with Gasteiger partial charge in [0.15, 0.2) is 5.96 Å². The SMILES string of the molecule is CCCCOCCOCCNC(=NC)NCC1(CCOC)CCCC1.I. The molecule has 156 valence electrons. The van der Waals surface area contributed by atoms with E-state index in [-0.39, 0.29) is 24.0 Å². The smallest absolute Gasteiger partial charge is 0.191 e. The number of halogens is 1. The highest BCUT2D eigenvalue weighted by molar-refractivity contribution is 14.0. The van der Waals surface area contributed by atoms with Crippen molar-refractivity contribution in [2.24, 2.45) is 10.4 Å². The number of aliphatic imine (C=N–C) groups is 1. The van der Waals surface area contributed by atoms with Crippen molar-refractivity contribution in [2.45, 2.75) is 51.9 Å². The number of hydrogen-bond donors (Lipinski definition) is 2. The number of nitrogens with zero attached hydrogens (tertiary/aromatic N) is 1. The zero-order valence-corrected chi connectivity index (χ0v) is 19.3. The van der Waals surface area contributed by atoms with Crippen molar-refractivity contribution in [3.05, 3.63) is 0 Å². The van der Waals surface area contributed by atoms with Gasteiger partial charge in [-0.05, 0) is 31.1 Å². The van der Waals surface area contributed by atoms with E-state index in [0.717, 1.165) is 45.1 Å². The van der Waals surface area contributed by atoms with E-state index in [1.54, 1.807) is 7.11 Å². The maximum absolute atomic E-state index is 5.57. The summed E-state index contributed by atoms with van der Waals surface area (Å²) in [6.07, 6.45) is 8.62. The van der Waals surface area contributed by atoms with Crippen LogP contribution in [0.2, 0.25) is 0 Å². The summed E-state index contributed by atoms with van der Waals surface area (Å²) >= 11 is 0. The van der Waals surface area contributed by atoms with Crippen molar-refractivity contribution in [3.63, 3.8) is 0 Å². The fraction of sp³-hybridized carbons (Fsp3) is 0.947. The molecule has 0 aromatic rings. The fourth-order valence-corrected chi connectivity index (χ4v) is 3.26. The molecule has 2 N–H and O–H groups in total. The highest BCUT2D eigenvalue weighted by Crippen LogP contribution is 2.40. The Balaban J connectivity index is 0.00000625. The van der Waals surface area contributed by atoms with Gasteiger partial charge in [-0.1, -0.05) is 26.2 Å². The molecule has 0 saturated heterocycles. The maximum atomic E-state index is 5.57. The molecule has 7 heteroatoms. The van der Waals surface area contributed by atoms with E-state index in [4.69, 9.17) is 14.2 Å². The van der Waals surface area contributed by atoms with Gasteiger partial charge in [-0.25, -0.2) is 0 Å². The number of guanidine groups is 1. The Labute approximate surface area is 177 Å². The van der Waals surface area contributed by atoms with Crippen LogP contribution in [0.25, 0.3) is 0 Å². The van der Waals surface area contributed by atoms with E-state index in [1.165, 1.54) is 32.1 Å². The molecule has 1 aliphatic rings. The average molecular weight is 485 g/mol. The average Bonchev–Trinajstić information content (AvgIpc) is 3.10. The van der Waals surface area contributed by atoms with Gasteiger partial charge in [-0.15, -0.1) is 24.0 Å². The van der Waals surface area contributed by atoms with E-state index < -0.39 is 0 Å². The van der Waals surface area contributed by atoms with E-state index in [9.17, 15) is 0 Å². The minimum absolute atomic E-state index is 0. The third-order valence-electron chi connectivity index (χ3n) is 4.91. The molecule has 1 saturated carbocycles. The number of unbranched alkanes of at least 4 members (excludes halogenated alkanes) is 1. The Bertz CT molecular complexity index is 351. The second kappa shape index (κ2) is 17.0. The first-order valence-electron chi connectivity index (χ1n) is 9.85. The zero-order chi connectivity index (χ0) is 18.2. The highest BCUT2D eigenvalue weighted by atomic mass is 127. The molecule has 1 rings (SSSR count). The Morgan fingerprint density at radius 1 is 1.00 bits per heavy atom. The van der Waals surface area contributed by atoms with Gasteiger partial charge in [-0.2, -0.15) is 0 Å². The second-order valence-corrected chi connectivity index (χ2v) is 6.88. The summed E-state index contributed by atoms with van der Waals surface area (Å²) in [5, 5.41) is 6.81. The van der Waals surface area contributed by atoms with Gasteiger partial charge >= 0.3 is 0 Å². The molecule has 0 amide bonds. The lowest BCUT2D eigenvalue weighted by atomic mass is 9.83. The van der Waals surface area contributed by atoms with Crippen LogP contribution < -0.4 is 10.6 Å². The lowest BCUT2D eigenvalue weighted by Gasteiger charge is -2.29. The molecular weight excluding hydrogens is 445 g/mol. The molecule has 0 heterocycles. The van der Waals surface area contributed by atoms with Gasteiger partial charge in [0.05, 0.1) is 19.8 Å². The largest absolute Gasteiger partial charge is 0.385 e. The van der Waals surface area contributed by atoms with Crippen LogP contribution in [0.3, 0.4) is 0 Å². The van der Waals surface area contributed by atoms with Crippen LogP contribution in [0.5, 0.6) is 0 Å². The summed E-state index contributed by atoms with van der Waals surface area (Å²) in [6.45, 7) is 7.53. The first kappa shape index (κ1) is 25.9. The number of nitrogens with one attached hydrogen (secondary N) is 2. The van der Waals surface area contributed by atoms with E-state index in [0.29, 0.717) is 25.2 Å². The van der Waals surface area contributed by atoms with E-state index in [2.05, 4.69) is 22.5 Å².